The van der Waals surface area contributed by atoms with Crippen molar-refractivity contribution < 1.29 is 0 Å². The first-order valence-corrected chi connectivity index (χ1v) is 2.99. The number of hydrogen-bond acceptors (Lipinski definition) is 2. The second kappa shape index (κ2) is 5.06. The van der Waals surface area contributed by atoms with Crippen LogP contribution in [0.1, 0.15) is 34.1 Å². The Hall–Kier alpha value is -0.0800. The van der Waals surface area contributed by atoms with Crippen molar-refractivity contribution in [3.63, 3.8) is 0 Å². The van der Waals surface area contributed by atoms with E-state index in [0.29, 0.717) is 0 Å². The molecule has 0 aliphatic carbocycles. The molecule has 0 radical (unpaired) electrons. The first-order valence-electron chi connectivity index (χ1n) is 2.99. The zero-order valence-electron chi connectivity index (χ0n) is 6.36. The molecule has 0 saturated carbocycles. The Balaban J connectivity index is 0. The molecule has 8 heavy (non-hydrogen) atoms. The first kappa shape index (κ1) is 10.8. The van der Waals surface area contributed by atoms with Crippen LogP contribution in [0, 0.1) is 0 Å². The highest BCUT2D eigenvalue weighted by Crippen LogP contribution is 1.76. The summed E-state index contributed by atoms with van der Waals surface area (Å²) in [6, 6.07) is 0. The molecule has 2 nitrogen and oxygen atoms in total. The topological polar surface area (TPSA) is 52.0 Å². The summed E-state index contributed by atoms with van der Waals surface area (Å²) in [5.74, 6) is 0. The summed E-state index contributed by atoms with van der Waals surface area (Å²) in [4.78, 5) is 0. The summed E-state index contributed by atoms with van der Waals surface area (Å²) in [5.41, 5.74) is 9.76. The van der Waals surface area contributed by atoms with Crippen LogP contribution in [-0.4, -0.2) is 5.66 Å². The summed E-state index contributed by atoms with van der Waals surface area (Å²) in [6.45, 7) is 7.74. The summed E-state index contributed by atoms with van der Waals surface area (Å²) in [5, 5.41) is 0. The highest BCUT2D eigenvalue weighted by Gasteiger charge is 1.95. The fraction of sp³-hybridized carbons (Fsp3) is 1.00. The maximum Gasteiger partial charge on any atom is 0.0578 e. The lowest BCUT2D eigenvalue weighted by Gasteiger charge is -2.07. The van der Waals surface area contributed by atoms with E-state index in [1.807, 2.05) is 0 Å². The molecule has 0 unspecified atom stereocenters. The molecule has 0 atom stereocenters. The van der Waals surface area contributed by atoms with Crippen molar-refractivity contribution in [1.82, 2.24) is 0 Å². The predicted octanol–water partition coefficient (Wildman–Crippen LogP) is 1.06. The molecular weight excluding hydrogens is 100 g/mol. The van der Waals surface area contributed by atoms with Crippen molar-refractivity contribution in [3.05, 3.63) is 0 Å². The van der Waals surface area contributed by atoms with Gasteiger partial charge >= 0.3 is 0 Å². The molecule has 4 N–H and O–H groups in total. The Morgan fingerprint density at radius 2 is 1.12 bits per heavy atom. The lowest BCUT2D eigenvalue weighted by molar-refractivity contribution is 0.547. The van der Waals surface area contributed by atoms with E-state index in [4.69, 9.17) is 11.5 Å². The van der Waals surface area contributed by atoms with Gasteiger partial charge in [-0.25, -0.2) is 0 Å². The zero-order valence-corrected chi connectivity index (χ0v) is 6.36. The van der Waals surface area contributed by atoms with E-state index >= 15 is 0 Å². The van der Waals surface area contributed by atoms with Crippen molar-refractivity contribution in [2.45, 2.75) is 39.8 Å². The maximum absolute atomic E-state index is 5.13. The van der Waals surface area contributed by atoms with Gasteiger partial charge in [-0.1, -0.05) is 20.3 Å². The third kappa shape index (κ3) is 22400. The molecule has 52 valence electrons. The van der Waals surface area contributed by atoms with Crippen molar-refractivity contribution in [1.29, 1.82) is 0 Å². The quantitative estimate of drug-likeness (QED) is 0.467. The molecule has 0 fully saturated rings. The fourth-order valence-electron chi connectivity index (χ4n) is 0. The summed E-state index contributed by atoms with van der Waals surface area (Å²) in [6.07, 6.45) is 1.25. The van der Waals surface area contributed by atoms with Crippen molar-refractivity contribution >= 4 is 0 Å². The van der Waals surface area contributed by atoms with Gasteiger partial charge in [0.1, 0.15) is 0 Å². The molecule has 0 heterocycles. The van der Waals surface area contributed by atoms with Crippen molar-refractivity contribution in [3.8, 4) is 0 Å². The molecule has 0 aliphatic heterocycles. The normalized spacial score (nSPS) is 9.75. The van der Waals surface area contributed by atoms with Gasteiger partial charge in [-0.2, -0.15) is 0 Å². The minimum absolute atomic E-state index is 0.500. The van der Waals surface area contributed by atoms with Gasteiger partial charge in [-0.15, -0.1) is 0 Å². The molecule has 0 aromatic carbocycles. The Labute approximate surface area is 52.2 Å². The smallest absolute Gasteiger partial charge is 0.0578 e. The van der Waals surface area contributed by atoms with Gasteiger partial charge in [-0.3, -0.25) is 0 Å². The molecule has 0 aromatic heterocycles. The SMILES string of the molecule is CC(C)(N)N.CCC. The number of rotatable bonds is 0. The Bertz CT molecular complexity index is 30.3. The van der Waals surface area contributed by atoms with Gasteiger partial charge < -0.3 is 11.5 Å². The Kier molecular flexibility index (Phi) is 6.85. The molecule has 0 saturated heterocycles. The van der Waals surface area contributed by atoms with Crippen LogP contribution < -0.4 is 11.5 Å². The van der Waals surface area contributed by atoms with Crippen LogP contribution in [0.25, 0.3) is 0 Å². The van der Waals surface area contributed by atoms with E-state index in [1.165, 1.54) is 6.42 Å². The maximum atomic E-state index is 5.13. The Morgan fingerprint density at radius 3 is 1.12 bits per heavy atom. The summed E-state index contributed by atoms with van der Waals surface area (Å²) < 4.78 is 0. The predicted molar refractivity (Wildman–Crippen MR) is 38.4 cm³/mol. The van der Waals surface area contributed by atoms with Crippen LogP contribution in [0.4, 0.5) is 0 Å². The average Bonchev–Trinajstić information content (AvgIpc) is 1.27. The van der Waals surface area contributed by atoms with Crippen LogP contribution in [0.3, 0.4) is 0 Å². The monoisotopic (exact) mass is 118 g/mol. The van der Waals surface area contributed by atoms with E-state index in [1.54, 1.807) is 13.8 Å². The first-order chi connectivity index (χ1) is 3.41. The van der Waals surface area contributed by atoms with E-state index < -0.39 is 5.66 Å². The van der Waals surface area contributed by atoms with Crippen LogP contribution >= 0.6 is 0 Å². The largest absolute Gasteiger partial charge is 0.314 e. The minimum Gasteiger partial charge on any atom is -0.314 e. The third-order valence-electron chi connectivity index (χ3n) is 0. The second-order valence-corrected chi connectivity index (χ2v) is 2.53. The van der Waals surface area contributed by atoms with Gasteiger partial charge in [0.15, 0.2) is 0 Å². The molecule has 0 aliphatic rings. The summed E-state index contributed by atoms with van der Waals surface area (Å²) >= 11 is 0. The molecule has 0 aromatic rings. The number of nitrogens with two attached hydrogens (primary N) is 2. The summed E-state index contributed by atoms with van der Waals surface area (Å²) in [7, 11) is 0. The lowest BCUT2D eigenvalue weighted by atomic mass is 10.3. The highest BCUT2D eigenvalue weighted by atomic mass is 14.9. The molecule has 2 heteroatoms. The van der Waals surface area contributed by atoms with Gasteiger partial charge in [0, 0.05) is 0 Å². The molecule has 0 spiro atoms. The van der Waals surface area contributed by atoms with Gasteiger partial charge in [0.2, 0.25) is 0 Å². The van der Waals surface area contributed by atoms with E-state index in [-0.39, 0.29) is 0 Å². The van der Waals surface area contributed by atoms with Gasteiger partial charge in [0.25, 0.3) is 0 Å². The van der Waals surface area contributed by atoms with Crippen molar-refractivity contribution in [2.24, 2.45) is 11.5 Å². The average molecular weight is 118 g/mol. The Morgan fingerprint density at radius 1 is 1.12 bits per heavy atom. The minimum atomic E-state index is -0.500. The van der Waals surface area contributed by atoms with Crippen LogP contribution in [0.5, 0.6) is 0 Å². The van der Waals surface area contributed by atoms with E-state index in [9.17, 15) is 0 Å². The number of hydrogen-bond donors (Lipinski definition) is 2. The van der Waals surface area contributed by atoms with E-state index in [0.717, 1.165) is 0 Å². The van der Waals surface area contributed by atoms with Crippen LogP contribution in [-0.2, 0) is 0 Å². The molecule has 0 bridgehead atoms. The van der Waals surface area contributed by atoms with Crippen LogP contribution in [0.15, 0.2) is 0 Å². The van der Waals surface area contributed by atoms with Gasteiger partial charge in [-0.05, 0) is 13.8 Å². The third-order valence-corrected chi connectivity index (χ3v) is 0. The highest BCUT2D eigenvalue weighted by molar-refractivity contribution is 4.57. The van der Waals surface area contributed by atoms with Crippen LogP contribution in [0.2, 0.25) is 0 Å². The lowest BCUT2D eigenvalue weighted by Crippen LogP contribution is -2.42. The molecular formula is C6H18N2. The van der Waals surface area contributed by atoms with Gasteiger partial charge in [0.05, 0.1) is 5.66 Å². The van der Waals surface area contributed by atoms with Crippen molar-refractivity contribution in [2.75, 3.05) is 0 Å². The molecule has 0 rings (SSSR count). The second-order valence-electron chi connectivity index (χ2n) is 2.53. The fourth-order valence-corrected chi connectivity index (χ4v) is 0. The standard InChI is InChI=1S/C3H10N2.C3H8/c1-3(2,4)5;1-3-2/h4-5H2,1-2H3;3H2,1-2H3. The van der Waals surface area contributed by atoms with E-state index in [2.05, 4.69) is 13.8 Å². The molecule has 0 amide bonds. The zero-order chi connectivity index (χ0) is 7.21.